The molecule has 0 radical (unpaired) electrons. The molecule has 2 aromatic rings. The Morgan fingerprint density at radius 2 is 2.22 bits per heavy atom. The molecular weight excluding hydrogens is 230 g/mol. The topological polar surface area (TPSA) is 75.7 Å². The number of nitrogens with one attached hydrogen (secondary N) is 2. The SMILES string of the molecule is CCCNCc1cnc(-c2ccc(OC)nn2)[nH]1. The number of imidazole rings is 1. The molecule has 2 N–H and O–H groups in total. The fraction of sp³-hybridized carbons (Fsp3) is 0.417. The second kappa shape index (κ2) is 6.11. The highest BCUT2D eigenvalue weighted by Gasteiger charge is 2.05. The van der Waals surface area contributed by atoms with Gasteiger partial charge in [-0.1, -0.05) is 6.92 Å². The Morgan fingerprint density at radius 3 is 2.89 bits per heavy atom. The van der Waals surface area contributed by atoms with Crippen molar-refractivity contribution in [1.82, 2.24) is 25.5 Å². The van der Waals surface area contributed by atoms with Gasteiger partial charge in [0.2, 0.25) is 5.88 Å². The van der Waals surface area contributed by atoms with Crippen LogP contribution in [0.25, 0.3) is 11.5 Å². The summed E-state index contributed by atoms with van der Waals surface area (Å²) in [4.78, 5) is 7.49. The largest absolute Gasteiger partial charge is 0.480 e. The smallest absolute Gasteiger partial charge is 0.233 e. The Balaban J connectivity index is 2.04. The van der Waals surface area contributed by atoms with E-state index in [0.717, 1.165) is 31.0 Å². The van der Waals surface area contributed by atoms with Crippen LogP contribution >= 0.6 is 0 Å². The Kier molecular flexibility index (Phi) is 4.25. The summed E-state index contributed by atoms with van der Waals surface area (Å²) in [5.41, 5.74) is 1.74. The van der Waals surface area contributed by atoms with E-state index in [-0.39, 0.29) is 0 Å². The number of rotatable bonds is 6. The van der Waals surface area contributed by atoms with E-state index in [9.17, 15) is 0 Å². The van der Waals surface area contributed by atoms with Gasteiger partial charge in [0.1, 0.15) is 5.69 Å². The van der Waals surface area contributed by atoms with E-state index >= 15 is 0 Å². The van der Waals surface area contributed by atoms with E-state index in [1.54, 1.807) is 13.2 Å². The number of aromatic amines is 1. The summed E-state index contributed by atoms with van der Waals surface area (Å²) in [7, 11) is 1.56. The minimum Gasteiger partial charge on any atom is -0.480 e. The quantitative estimate of drug-likeness (QED) is 0.754. The molecule has 0 aliphatic carbocycles. The van der Waals surface area contributed by atoms with Crippen molar-refractivity contribution in [3.8, 4) is 17.4 Å². The molecule has 18 heavy (non-hydrogen) atoms. The lowest BCUT2D eigenvalue weighted by Gasteiger charge is -2.00. The average molecular weight is 247 g/mol. The highest BCUT2D eigenvalue weighted by atomic mass is 16.5. The average Bonchev–Trinajstić information content (AvgIpc) is 2.88. The maximum Gasteiger partial charge on any atom is 0.233 e. The molecule has 0 aliphatic heterocycles. The zero-order valence-corrected chi connectivity index (χ0v) is 10.6. The molecule has 2 heterocycles. The van der Waals surface area contributed by atoms with Gasteiger partial charge in [0.25, 0.3) is 0 Å². The molecule has 0 saturated carbocycles. The minimum absolute atomic E-state index is 0.496. The molecule has 6 nitrogen and oxygen atoms in total. The Bertz CT molecular complexity index is 479. The summed E-state index contributed by atoms with van der Waals surface area (Å²) < 4.78 is 4.96. The van der Waals surface area contributed by atoms with Crippen LogP contribution in [0.3, 0.4) is 0 Å². The molecule has 0 bridgehead atoms. The van der Waals surface area contributed by atoms with Crippen molar-refractivity contribution in [3.63, 3.8) is 0 Å². The van der Waals surface area contributed by atoms with Crippen molar-refractivity contribution in [1.29, 1.82) is 0 Å². The van der Waals surface area contributed by atoms with Crippen molar-refractivity contribution < 1.29 is 4.74 Å². The first-order chi connectivity index (χ1) is 8.83. The third-order valence-electron chi connectivity index (χ3n) is 2.46. The first-order valence-electron chi connectivity index (χ1n) is 5.96. The first-order valence-corrected chi connectivity index (χ1v) is 5.96. The van der Waals surface area contributed by atoms with Crippen LogP contribution in [0.4, 0.5) is 0 Å². The molecule has 96 valence electrons. The van der Waals surface area contributed by atoms with Gasteiger partial charge in [-0.25, -0.2) is 4.98 Å². The Morgan fingerprint density at radius 1 is 1.33 bits per heavy atom. The van der Waals surface area contributed by atoms with Gasteiger partial charge in [-0.15, -0.1) is 10.2 Å². The zero-order chi connectivity index (χ0) is 12.8. The third-order valence-corrected chi connectivity index (χ3v) is 2.46. The lowest BCUT2D eigenvalue weighted by atomic mass is 10.4. The van der Waals surface area contributed by atoms with Crippen molar-refractivity contribution in [2.75, 3.05) is 13.7 Å². The molecule has 0 saturated heterocycles. The van der Waals surface area contributed by atoms with Gasteiger partial charge in [0, 0.05) is 18.3 Å². The molecule has 0 fully saturated rings. The van der Waals surface area contributed by atoms with Gasteiger partial charge >= 0.3 is 0 Å². The van der Waals surface area contributed by atoms with Gasteiger partial charge < -0.3 is 15.0 Å². The fourth-order valence-electron chi connectivity index (χ4n) is 1.53. The van der Waals surface area contributed by atoms with Crippen molar-refractivity contribution >= 4 is 0 Å². The van der Waals surface area contributed by atoms with E-state index in [2.05, 4.69) is 32.4 Å². The van der Waals surface area contributed by atoms with E-state index in [4.69, 9.17) is 4.74 Å². The van der Waals surface area contributed by atoms with Crippen LogP contribution in [0.15, 0.2) is 18.3 Å². The first kappa shape index (κ1) is 12.5. The molecule has 2 aromatic heterocycles. The third kappa shape index (κ3) is 3.04. The molecule has 6 heteroatoms. The molecule has 0 amide bonds. The lowest BCUT2D eigenvalue weighted by Crippen LogP contribution is -2.13. The van der Waals surface area contributed by atoms with E-state index in [1.165, 1.54) is 0 Å². The normalized spacial score (nSPS) is 10.6. The molecular formula is C12H17N5O. The predicted molar refractivity (Wildman–Crippen MR) is 68.2 cm³/mol. The van der Waals surface area contributed by atoms with Crippen LogP contribution in [0.2, 0.25) is 0 Å². The van der Waals surface area contributed by atoms with Gasteiger partial charge in [-0.2, -0.15) is 0 Å². The summed E-state index contributed by atoms with van der Waals surface area (Å²) >= 11 is 0. The highest BCUT2D eigenvalue weighted by molar-refractivity contribution is 5.48. The van der Waals surface area contributed by atoms with E-state index in [1.807, 2.05) is 12.3 Å². The Hall–Kier alpha value is -1.95. The zero-order valence-electron chi connectivity index (χ0n) is 10.6. The number of aromatic nitrogens is 4. The van der Waals surface area contributed by atoms with Crippen molar-refractivity contribution in [2.45, 2.75) is 19.9 Å². The van der Waals surface area contributed by atoms with Crippen LogP contribution in [0, 0.1) is 0 Å². The number of H-pyrrole nitrogens is 1. The number of ether oxygens (including phenoxy) is 1. The van der Waals surface area contributed by atoms with Crippen LogP contribution in [0.5, 0.6) is 5.88 Å². The van der Waals surface area contributed by atoms with Gasteiger partial charge in [-0.3, -0.25) is 0 Å². The summed E-state index contributed by atoms with van der Waals surface area (Å²) in [6, 6.07) is 3.59. The van der Waals surface area contributed by atoms with Gasteiger partial charge in [-0.05, 0) is 19.0 Å². The summed E-state index contributed by atoms with van der Waals surface area (Å²) in [5, 5.41) is 11.3. The molecule has 0 aromatic carbocycles. The van der Waals surface area contributed by atoms with Gasteiger partial charge in [0.05, 0.1) is 13.3 Å². The molecule has 0 spiro atoms. The summed E-state index contributed by atoms with van der Waals surface area (Å²) in [6.45, 7) is 3.92. The number of hydrogen-bond acceptors (Lipinski definition) is 5. The van der Waals surface area contributed by atoms with E-state index in [0.29, 0.717) is 11.6 Å². The maximum atomic E-state index is 4.96. The number of methoxy groups -OCH3 is 1. The van der Waals surface area contributed by atoms with Gasteiger partial charge in [0.15, 0.2) is 5.82 Å². The molecule has 2 rings (SSSR count). The van der Waals surface area contributed by atoms with Crippen molar-refractivity contribution in [3.05, 3.63) is 24.0 Å². The minimum atomic E-state index is 0.496. The number of nitrogens with zero attached hydrogens (tertiary/aromatic N) is 3. The standard InChI is InChI=1S/C12H17N5O/c1-3-6-13-7-9-8-14-12(15-9)10-4-5-11(18-2)17-16-10/h4-5,8,13H,3,6-7H2,1-2H3,(H,14,15). The summed E-state index contributed by atoms with van der Waals surface area (Å²) in [6.07, 6.45) is 2.93. The maximum absolute atomic E-state index is 4.96. The molecule has 0 unspecified atom stereocenters. The summed E-state index contributed by atoms with van der Waals surface area (Å²) in [5.74, 6) is 1.22. The molecule has 0 atom stereocenters. The van der Waals surface area contributed by atoms with Crippen LogP contribution in [0.1, 0.15) is 19.0 Å². The number of hydrogen-bond donors (Lipinski definition) is 2. The second-order valence-corrected chi connectivity index (χ2v) is 3.89. The van der Waals surface area contributed by atoms with Crippen LogP contribution in [-0.2, 0) is 6.54 Å². The fourth-order valence-corrected chi connectivity index (χ4v) is 1.53. The Labute approximate surface area is 106 Å². The lowest BCUT2D eigenvalue weighted by molar-refractivity contribution is 0.392. The van der Waals surface area contributed by atoms with E-state index < -0.39 is 0 Å². The highest BCUT2D eigenvalue weighted by Crippen LogP contribution is 2.14. The monoisotopic (exact) mass is 247 g/mol. The van der Waals surface area contributed by atoms with Crippen LogP contribution in [-0.4, -0.2) is 33.8 Å². The predicted octanol–water partition coefficient (Wildman–Crippen LogP) is 1.37. The molecule has 0 aliphatic rings. The van der Waals surface area contributed by atoms with Crippen LogP contribution < -0.4 is 10.1 Å². The second-order valence-electron chi connectivity index (χ2n) is 3.89. The van der Waals surface area contributed by atoms with Crippen molar-refractivity contribution in [2.24, 2.45) is 0 Å².